The number of pyridine rings is 1. The van der Waals surface area contributed by atoms with Crippen LogP contribution in [0.1, 0.15) is 11.3 Å². The molecule has 0 saturated heterocycles. The molecular formula is C17H11Cl2N. The third-order valence-corrected chi connectivity index (χ3v) is 3.87. The van der Waals surface area contributed by atoms with E-state index in [2.05, 4.69) is 11.1 Å². The zero-order valence-corrected chi connectivity index (χ0v) is 12.1. The number of rotatable bonds is 2. The van der Waals surface area contributed by atoms with Gasteiger partial charge in [0.2, 0.25) is 0 Å². The largest absolute Gasteiger partial charge is 0.248 e. The molecule has 98 valence electrons. The highest BCUT2D eigenvalue weighted by Gasteiger charge is 2.01. The normalized spacial score (nSPS) is 11.3. The summed E-state index contributed by atoms with van der Waals surface area (Å²) in [6, 6.07) is 17.6. The molecule has 0 N–H and O–H groups in total. The predicted octanol–water partition coefficient (Wildman–Crippen LogP) is 5.71. The second-order valence-electron chi connectivity index (χ2n) is 4.41. The van der Waals surface area contributed by atoms with Gasteiger partial charge in [-0.3, -0.25) is 0 Å². The zero-order chi connectivity index (χ0) is 13.9. The van der Waals surface area contributed by atoms with Crippen molar-refractivity contribution in [1.82, 2.24) is 4.98 Å². The standard InChI is InChI=1S/C17H11Cl2N/c18-15-6-3-5-13(17(15)19)9-11-14-10-8-12-4-1-2-7-16(12)20-14/h1-11H. The molecule has 0 aliphatic rings. The average Bonchev–Trinajstić information content (AvgIpc) is 2.48. The van der Waals surface area contributed by atoms with E-state index in [1.54, 1.807) is 6.07 Å². The summed E-state index contributed by atoms with van der Waals surface area (Å²) < 4.78 is 0. The molecule has 0 atom stereocenters. The maximum absolute atomic E-state index is 6.15. The van der Waals surface area contributed by atoms with Crippen LogP contribution in [0.25, 0.3) is 23.1 Å². The molecule has 0 aliphatic heterocycles. The van der Waals surface area contributed by atoms with Gasteiger partial charge in [-0.25, -0.2) is 4.98 Å². The summed E-state index contributed by atoms with van der Waals surface area (Å²) in [5.74, 6) is 0. The van der Waals surface area contributed by atoms with Gasteiger partial charge < -0.3 is 0 Å². The Labute approximate surface area is 127 Å². The number of para-hydroxylation sites is 1. The lowest BCUT2D eigenvalue weighted by atomic mass is 10.1. The number of halogens is 2. The summed E-state index contributed by atoms with van der Waals surface area (Å²) in [6.07, 6.45) is 3.86. The molecule has 0 saturated carbocycles. The summed E-state index contributed by atoms with van der Waals surface area (Å²) in [5, 5.41) is 2.25. The van der Waals surface area contributed by atoms with Crippen molar-refractivity contribution >= 4 is 46.3 Å². The second-order valence-corrected chi connectivity index (χ2v) is 5.19. The van der Waals surface area contributed by atoms with Crippen molar-refractivity contribution in [3.8, 4) is 0 Å². The minimum Gasteiger partial charge on any atom is -0.248 e. The fourth-order valence-corrected chi connectivity index (χ4v) is 2.37. The Balaban J connectivity index is 1.96. The first-order valence-electron chi connectivity index (χ1n) is 6.22. The van der Waals surface area contributed by atoms with E-state index in [1.807, 2.05) is 54.6 Å². The van der Waals surface area contributed by atoms with Gasteiger partial charge in [0.25, 0.3) is 0 Å². The number of fused-ring (bicyclic) bond motifs is 1. The van der Waals surface area contributed by atoms with E-state index in [4.69, 9.17) is 23.2 Å². The molecule has 1 nitrogen and oxygen atoms in total. The van der Waals surface area contributed by atoms with E-state index >= 15 is 0 Å². The highest BCUT2D eigenvalue weighted by atomic mass is 35.5. The van der Waals surface area contributed by atoms with Crippen LogP contribution >= 0.6 is 23.2 Å². The van der Waals surface area contributed by atoms with Crippen molar-refractivity contribution in [1.29, 1.82) is 0 Å². The predicted molar refractivity (Wildman–Crippen MR) is 87.1 cm³/mol. The third kappa shape index (κ3) is 2.69. The van der Waals surface area contributed by atoms with Crippen molar-refractivity contribution < 1.29 is 0 Å². The minimum absolute atomic E-state index is 0.556. The first-order chi connectivity index (χ1) is 9.74. The molecule has 3 heteroatoms. The van der Waals surface area contributed by atoms with E-state index in [-0.39, 0.29) is 0 Å². The van der Waals surface area contributed by atoms with Crippen molar-refractivity contribution in [2.24, 2.45) is 0 Å². The summed E-state index contributed by atoms with van der Waals surface area (Å²) >= 11 is 12.1. The van der Waals surface area contributed by atoms with E-state index in [0.29, 0.717) is 10.0 Å². The van der Waals surface area contributed by atoms with Crippen LogP contribution in [-0.2, 0) is 0 Å². The maximum Gasteiger partial charge on any atom is 0.0709 e. The maximum atomic E-state index is 6.15. The van der Waals surface area contributed by atoms with Gasteiger partial charge in [0.15, 0.2) is 0 Å². The van der Waals surface area contributed by atoms with Gasteiger partial charge in [-0.1, -0.05) is 65.7 Å². The summed E-state index contributed by atoms with van der Waals surface area (Å²) in [6.45, 7) is 0. The Morgan fingerprint density at radius 2 is 1.65 bits per heavy atom. The smallest absolute Gasteiger partial charge is 0.0709 e. The van der Waals surface area contributed by atoms with Crippen molar-refractivity contribution in [2.75, 3.05) is 0 Å². The van der Waals surface area contributed by atoms with E-state index < -0.39 is 0 Å². The van der Waals surface area contributed by atoms with Crippen LogP contribution in [0.3, 0.4) is 0 Å². The highest BCUT2D eigenvalue weighted by Crippen LogP contribution is 2.26. The number of nitrogens with zero attached hydrogens (tertiary/aromatic N) is 1. The molecule has 0 radical (unpaired) electrons. The molecule has 0 unspecified atom stereocenters. The number of benzene rings is 2. The Hall–Kier alpha value is -1.83. The Bertz CT molecular complexity index is 794. The van der Waals surface area contributed by atoms with Gasteiger partial charge in [0.1, 0.15) is 0 Å². The number of hydrogen-bond acceptors (Lipinski definition) is 1. The van der Waals surface area contributed by atoms with Crippen LogP contribution in [0.15, 0.2) is 54.6 Å². The molecule has 0 bridgehead atoms. The first-order valence-corrected chi connectivity index (χ1v) is 6.97. The molecule has 0 aliphatic carbocycles. The van der Waals surface area contributed by atoms with Crippen molar-refractivity contribution in [3.05, 3.63) is 75.9 Å². The Morgan fingerprint density at radius 1 is 0.800 bits per heavy atom. The van der Waals surface area contributed by atoms with Crippen molar-refractivity contribution in [3.63, 3.8) is 0 Å². The van der Waals surface area contributed by atoms with E-state index in [9.17, 15) is 0 Å². The van der Waals surface area contributed by atoms with Crippen LogP contribution in [0.5, 0.6) is 0 Å². The van der Waals surface area contributed by atoms with Gasteiger partial charge >= 0.3 is 0 Å². The molecule has 3 rings (SSSR count). The molecule has 2 aromatic carbocycles. The SMILES string of the molecule is Clc1cccc(C=Cc2ccc3ccccc3n2)c1Cl. The molecule has 0 spiro atoms. The molecule has 0 fully saturated rings. The van der Waals surface area contributed by atoms with Gasteiger partial charge in [-0.05, 0) is 29.8 Å². The van der Waals surface area contributed by atoms with Crippen LogP contribution < -0.4 is 0 Å². The molecule has 1 heterocycles. The minimum atomic E-state index is 0.556. The van der Waals surface area contributed by atoms with E-state index in [1.165, 1.54) is 0 Å². The fraction of sp³-hybridized carbons (Fsp3) is 0. The molecular weight excluding hydrogens is 289 g/mol. The lowest BCUT2D eigenvalue weighted by molar-refractivity contribution is 1.37. The summed E-state index contributed by atoms with van der Waals surface area (Å²) in [5.41, 5.74) is 2.75. The number of hydrogen-bond donors (Lipinski definition) is 0. The quantitative estimate of drug-likeness (QED) is 0.590. The summed E-state index contributed by atoms with van der Waals surface area (Å²) in [7, 11) is 0. The number of aromatic nitrogens is 1. The zero-order valence-electron chi connectivity index (χ0n) is 10.6. The highest BCUT2D eigenvalue weighted by molar-refractivity contribution is 6.42. The molecule has 0 amide bonds. The van der Waals surface area contributed by atoms with Crippen LogP contribution in [0.2, 0.25) is 10.0 Å². The average molecular weight is 300 g/mol. The Kier molecular flexibility index (Phi) is 3.72. The molecule has 1 aromatic heterocycles. The van der Waals surface area contributed by atoms with Gasteiger partial charge in [-0.2, -0.15) is 0 Å². The van der Waals surface area contributed by atoms with E-state index in [0.717, 1.165) is 22.2 Å². The molecule has 3 aromatic rings. The molecule has 20 heavy (non-hydrogen) atoms. The topological polar surface area (TPSA) is 12.9 Å². The fourth-order valence-electron chi connectivity index (χ4n) is 2.00. The lowest BCUT2D eigenvalue weighted by Crippen LogP contribution is -1.83. The van der Waals surface area contributed by atoms with Crippen LogP contribution in [0.4, 0.5) is 0 Å². The second kappa shape index (κ2) is 5.66. The third-order valence-electron chi connectivity index (χ3n) is 3.04. The van der Waals surface area contributed by atoms with Crippen LogP contribution in [0, 0.1) is 0 Å². The van der Waals surface area contributed by atoms with Gasteiger partial charge in [0.05, 0.1) is 21.3 Å². The lowest BCUT2D eigenvalue weighted by Gasteiger charge is -2.01. The first kappa shape index (κ1) is 13.2. The summed E-state index contributed by atoms with van der Waals surface area (Å²) in [4.78, 5) is 4.58. The van der Waals surface area contributed by atoms with Gasteiger partial charge in [-0.15, -0.1) is 0 Å². The van der Waals surface area contributed by atoms with Gasteiger partial charge in [0, 0.05) is 5.39 Å². The van der Waals surface area contributed by atoms with Crippen LogP contribution in [-0.4, -0.2) is 4.98 Å². The Morgan fingerprint density at radius 3 is 2.55 bits per heavy atom. The monoisotopic (exact) mass is 299 g/mol. The van der Waals surface area contributed by atoms with Crippen molar-refractivity contribution in [2.45, 2.75) is 0 Å².